The lowest BCUT2D eigenvalue weighted by Gasteiger charge is -2.28. The highest BCUT2D eigenvalue weighted by atomic mass is 19.1. The molecule has 2 aromatic rings. The Morgan fingerprint density at radius 2 is 1.71 bits per heavy atom. The van der Waals surface area contributed by atoms with E-state index in [0.717, 1.165) is 17.7 Å². The van der Waals surface area contributed by atoms with E-state index in [9.17, 15) is 23.6 Å². The summed E-state index contributed by atoms with van der Waals surface area (Å²) in [6.07, 6.45) is 1.43. The van der Waals surface area contributed by atoms with E-state index in [-0.39, 0.29) is 36.5 Å². The van der Waals surface area contributed by atoms with Crippen LogP contribution in [0.25, 0.3) is 0 Å². The first-order chi connectivity index (χ1) is 14.8. The summed E-state index contributed by atoms with van der Waals surface area (Å²) in [4.78, 5) is 52.6. The zero-order valence-electron chi connectivity index (χ0n) is 17.0. The number of imide groups is 1. The number of hydrogen-bond acceptors (Lipinski definition) is 4. The van der Waals surface area contributed by atoms with E-state index in [1.807, 2.05) is 0 Å². The highest BCUT2D eigenvalue weighted by molar-refractivity contribution is 6.23. The lowest BCUT2D eigenvalue weighted by atomic mass is 10.1. The minimum Gasteiger partial charge on any atom is -0.326 e. The van der Waals surface area contributed by atoms with E-state index in [2.05, 4.69) is 5.32 Å². The third-order valence-electron chi connectivity index (χ3n) is 5.42. The van der Waals surface area contributed by atoms with Gasteiger partial charge in [0.05, 0.1) is 12.1 Å². The van der Waals surface area contributed by atoms with Crippen LogP contribution in [0.1, 0.15) is 31.7 Å². The molecule has 0 aromatic heterocycles. The van der Waals surface area contributed by atoms with Crippen LogP contribution in [0.3, 0.4) is 0 Å². The number of rotatable bonds is 6. The molecule has 2 aromatic carbocycles. The molecule has 31 heavy (non-hydrogen) atoms. The second-order valence-corrected chi connectivity index (χ2v) is 7.88. The average molecular weight is 423 g/mol. The van der Waals surface area contributed by atoms with E-state index in [4.69, 9.17) is 0 Å². The number of carbonyl (C=O) groups is 4. The molecule has 0 spiro atoms. The Labute approximate surface area is 178 Å². The fourth-order valence-corrected chi connectivity index (χ4v) is 3.72. The normalized spacial score (nSPS) is 18.3. The molecule has 1 aliphatic heterocycles. The van der Waals surface area contributed by atoms with Gasteiger partial charge in [-0.2, -0.15) is 0 Å². The zero-order valence-corrected chi connectivity index (χ0v) is 17.0. The highest BCUT2D eigenvalue weighted by Crippen LogP contribution is 2.35. The number of nitrogens with zero attached hydrogens (tertiary/aromatic N) is 2. The summed E-state index contributed by atoms with van der Waals surface area (Å²) in [5, 5.41) is 2.63. The van der Waals surface area contributed by atoms with Crippen molar-refractivity contribution in [3.63, 3.8) is 0 Å². The van der Waals surface area contributed by atoms with Crippen LogP contribution in [0.15, 0.2) is 48.5 Å². The van der Waals surface area contributed by atoms with Crippen LogP contribution in [0.5, 0.6) is 0 Å². The largest absolute Gasteiger partial charge is 0.326 e. The Bertz CT molecular complexity index is 1030. The number of amides is 4. The zero-order chi connectivity index (χ0) is 22.1. The van der Waals surface area contributed by atoms with Gasteiger partial charge in [0.15, 0.2) is 0 Å². The molecule has 0 bridgehead atoms. The second-order valence-electron chi connectivity index (χ2n) is 7.88. The summed E-state index contributed by atoms with van der Waals surface area (Å²) in [6.45, 7) is 1.52. The van der Waals surface area contributed by atoms with Crippen molar-refractivity contribution in [3.8, 4) is 0 Å². The van der Waals surface area contributed by atoms with Crippen LogP contribution in [0, 0.1) is 11.7 Å². The van der Waals surface area contributed by atoms with Crippen molar-refractivity contribution in [2.45, 2.75) is 38.8 Å². The van der Waals surface area contributed by atoms with Gasteiger partial charge in [0.25, 0.3) is 5.91 Å². The van der Waals surface area contributed by atoms with Gasteiger partial charge in [-0.1, -0.05) is 12.1 Å². The Kier molecular flexibility index (Phi) is 5.54. The van der Waals surface area contributed by atoms with Crippen molar-refractivity contribution >= 4 is 35.0 Å². The summed E-state index contributed by atoms with van der Waals surface area (Å²) in [5.74, 6) is -1.75. The minimum atomic E-state index is -0.902. The third-order valence-corrected chi connectivity index (χ3v) is 5.42. The van der Waals surface area contributed by atoms with Gasteiger partial charge in [0, 0.05) is 25.1 Å². The minimum absolute atomic E-state index is 0.105. The van der Waals surface area contributed by atoms with Crippen LogP contribution in [0.2, 0.25) is 0 Å². The predicted octanol–water partition coefficient (Wildman–Crippen LogP) is 2.85. The van der Waals surface area contributed by atoms with E-state index >= 15 is 0 Å². The Morgan fingerprint density at radius 3 is 2.29 bits per heavy atom. The SMILES string of the molecule is CC(=O)Nc1ccc(N2C(=O)CC(N(Cc3ccc(F)cc3)C(=O)C3CC3)C2=O)cc1. The van der Waals surface area contributed by atoms with Gasteiger partial charge in [-0.3, -0.25) is 19.2 Å². The van der Waals surface area contributed by atoms with Crippen molar-refractivity contribution < 1.29 is 23.6 Å². The van der Waals surface area contributed by atoms with Crippen molar-refractivity contribution in [1.29, 1.82) is 0 Å². The van der Waals surface area contributed by atoms with Crippen LogP contribution in [-0.2, 0) is 25.7 Å². The number of halogens is 1. The summed E-state index contributed by atoms with van der Waals surface area (Å²) in [6, 6.07) is 11.2. The van der Waals surface area contributed by atoms with Gasteiger partial charge in [0.1, 0.15) is 11.9 Å². The molecule has 1 saturated carbocycles. The maximum Gasteiger partial charge on any atom is 0.257 e. The van der Waals surface area contributed by atoms with Gasteiger partial charge < -0.3 is 10.2 Å². The standard InChI is InChI=1S/C23H22FN3O4/c1-14(28)25-18-8-10-19(11-9-18)27-21(29)12-20(23(27)31)26(22(30)16-4-5-16)13-15-2-6-17(24)7-3-15/h2-3,6-11,16,20H,4-5,12-13H2,1H3,(H,25,28). The summed E-state index contributed by atoms with van der Waals surface area (Å²) >= 11 is 0. The van der Waals surface area contributed by atoms with Crippen LogP contribution in [-0.4, -0.2) is 34.6 Å². The molecule has 2 aliphatic rings. The van der Waals surface area contributed by atoms with Crippen LogP contribution >= 0.6 is 0 Å². The number of nitrogens with one attached hydrogen (secondary N) is 1. The van der Waals surface area contributed by atoms with Crippen molar-refractivity contribution in [2.24, 2.45) is 5.92 Å². The molecule has 1 unspecified atom stereocenters. The summed E-state index contributed by atoms with van der Waals surface area (Å²) in [7, 11) is 0. The Hall–Kier alpha value is -3.55. The molecule has 0 radical (unpaired) electrons. The highest BCUT2D eigenvalue weighted by Gasteiger charge is 2.46. The van der Waals surface area contributed by atoms with Gasteiger partial charge >= 0.3 is 0 Å². The molecular formula is C23H22FN3O4. The molecule has 2 fully saturated rings. The Balaban J connectivity index is 1.57. The lowest BCUT2D eigenvalue weighted by molar-refractivity contribution is -0.140. The van der Waals surface area contributed by atoms with Gasteiger partial charge in [-0.25, -0.2) is 9.29 Å². The molecule has 7 nitrogen and oxygen atoms in total. The smallest absolute Gasteiger partial charge is 0.257 e. The monoisotopic (exact) mass is 423 g/mol. The van der Waals surface area contributed by atoms with E-state index in [1.54, 1.807) is 36.4 Å². The average Bonchev–Trinajstić information content (AvgIpc) is 3.53. The molecule has 4 rings (SSSR count). The summed E-state index contributed by atoms with van der Waals surface area (Å²) in [5.41, 5.74) is 1.62. The van der Waals surface area contributed by atoms with E-state index in [1.165, 1.54) is 24.0 Å². The van der Waals surface area contributed by atoms with E-state index < -0.39 is 17.9 Å². The van der Waals surface area contributed by atoms with Crippen molar-refractivity contribution in [1.82, 2.24) is 4.90 Å². The first-order valence-electron chi connectivity index (χ1n) is 10.1. The van der Waals surface area contributed by atoms with Crippen molar-refractivity contribution in [3.05, 3.63) is 59.9 Å². The number of benzene rings is 2. The predicted molar refractivity (Wildman–Crippen MR) is 111 cm³/mol. The van der Waals surface area contributed by atoms with Gasteiger partial charge in [-0.05, 0) is 54.8 Å². The maximum atomic E-state index is 13.3. The fourth-order valence-electron chi connectivity index (χ4n) is 3.72. The first-order valence-corrected chi connectivity index (χ1v) is 10.1. The number of hydrogen-bond donors (Lipinski definition) is 1. The third kappa shape index (κ3) is 4.47. The topological polar surface area (TPSA) is 86.8 Å². The van der Waals surface area contributed by atoms with Gasteiger partial charge in [0.2, 0.25) is 17.7 Å². The molecule has 1 heterocycles. The maximum absolute atomic E-state index is 13.3. The van der Waals surface area contributed by atoms with Crippen molar-refractivity contribution in [2.75, 3.05) is 10.2 Å². The van der Waals surface area contributed by atoms with Crippen LogP contribution < -0.4 is 10.2 Å². The fraction of sp³-hybridized carbons (Fsp3) is 0.304. The second kappa shape index (κ2) is 8.29. The summed E-state index contributed by atoms with van der Waals surface area (Å²) < 4.78 is 13.3. The molecule has 1 aliphatic carbocycles. The Morgan fingerprint density at radius 1 is 1.06 bits per heavy atom. The van der Waals surface area contributed by atoms with Crippen LogP contribution in [0.4, 0.5) is 15.8 Å². The molecule has 1 saturated heterocycles. The van der Waals surface area contributed by atoms with Gasteiger partial charge in [-0.15, -0.1) is 0 Å². The molecule has 4 amide bonds. The molecule has 8 heteroatoms. The quantitative estimate of drug-likeness (QED) is 0.724. The first kappa shape index (κ1) is 20.7. The molecule has 1 atom stereocenters. The van der Waals surface area contributed by atoms with E-state index in [0.29, 0.717) is 16.9 Å². The molecule has 1 N–H and O–H groups in total. The molecule has 160 valence electrons. The lowest BCUT2D eigenvalue weighted by Crippen LogP contribution is -2.45. The number of carbonyl (C=O) groups excluding carboxylic acids is 4. The number of anilines is 2. The molecular weight excluding hydrogens is 401 g/mol.